The van der Waals surface area contributed by atoms with Crippen molar-refractivity contribution in [2.24, 2.45) is 0 Å². The molecule has 0 spiro atoms. The Balaban J connectivity index is 0.917. The number of nitrogens with zero attached hydrogens (tertiary/aromatic N) is 2. The molecule has 326 valence electrons. The Hall–Kier alpha value is -8.20. The zero-order chi connectivity index (χ0) is 46.0. The Morgan fingerprint density at radius 1 is 0.275 bits per heavy atom. The van der Waals surface area contributed by atoms with Crippen molar-refractivity contribution in [2.45, 2.75) is 43.9 Å². The van der Waals surface area contributed by atoms with Crippen molar-refractivity contribution in [1.82, 2.24) is 9.13 Å². The molecule has 0 saturated heterocycles. The molecule has 0 aliphatic heterocycles. The quantitative estimate of drug-likeness (QED) is 0.167. The van der Waals surface area contributed by atoms with Crippen LogP contribution in [0.5, 0.6) is 0 Å². The van der Waals surface area contributed by atoms with E-state index in [0.29, 0.717) is 0 Å². The monoisotopic (exact) mass is 880 g/mol. The molecule has 3 aliphatic carbocycles. The molecule has 0 saturated carbocycles. The normalized spacial score (nSPS) is 15.3. The largest absolute Gasteiger partial charge is 0.309 e. The molecule has 0 atom stereocenters. The van der Waals surface area contributed by atoms with Crippen molar-refractivity contribution in [1.29, 1.82) is 0 Å². The van der Waals surface area contributed by atoms with Gasteiger partial charge in [0.25, 0.3) is 0 Å². The maximum absolute atomic E-state index is 2.49. The van der Waals surface area contributed by atoms with E-state index in [0.717, 1.165) is 11.4 Å². The molecule has 0 N–H and O–H groups in total. The van der Waals surface area contributed by atoms with Gasteiger partial charge in [-0.05, 0) is 126 Å². The van der Waals surface area contributed by atoms with Crippen molar-refractivity contribution in [3.8, 4) is 44.8 Å². The van der Waals surface area contributed by atoms with Gasteiger partial charge in [0.2, 0.25) is 0 Å². The van der Waals surface area contributed by atoms with E-state index in [2.05, 4.69) is 255 Å². The Bertz CT molecular complexity index is 3900. The van der Waals surface area contributed by atoms with Crippen LogP contribution in [0.15, 0.2) is 218 Å². The standard InChI is InChI=1S/C67H48N2/c1-65(2)53-23-11-5-19-47(53)49-37-39-59-61(63(49)65)51-21-9-15-27-57(51)68(59)43-33-29-41(30-34-43)67(55-25-13-7-17-45(55)46-18-8-14-26-56(46)67)42-31-35-44(36-32-42)69-58-28-16-10-22-52(58)62-60(69)40-38-50-48-20-6-12-24-54(48)66(3,4)64(50)62/h5-40H,1-4H3. The molecule has 0 amide bonds. The van der Waals surface area contributed by atoms with E-state index in [4.69, 9.17) is 0 Å². The van der Waals surface area contributed by atoms with Gasteiger partial charge in [-0.15, -0.1) is 0 Å². The zero-order valence-electron chi connectivity index (χ0n) is 39.2. The molecule has 2 nitrogen and oxygen atoms in total. The molecule has 12 aromatic rings. The summed E-state index contributed by atoms with van der Waals surface area (Å²) < 4.78 is 4.99. The minimum atomic E-state index is -0.543. The fourth-order valence-corrected chi connectivity index (χ4v) is 14.0. The van der Waals surface area contributed by atoms with E-state index in [1.165, 1.54) is 122 Å². The fraction of sp³-hybridized carbons (Fsp3) is 0.104. The second-order valence-electron chi connectivity index (χ2n) is 20.7. The highest BCUT2D eigenvalue weighted by Gasteiger charge is 2.46. The summed E-state index contributed by atoms with van der Waals surface area (Å²) in [4.78, 5) is 0. The van der Waals surface area contributed by atoms with Gasteiger partial charge in [0, 0.05) is 43.7 Å². The molecule has 0 radical (unpaired) electrons. The molecule has 69 heavy (non-hydrogen) atoms. The summed E-state index contributed by atoms with van der Waals surface area (Å²) in [6.45, 7) is 9.59. The average Bonchev–Trinajstić information content (AvgIpc) is 4.13. The van der Waals surface area contributed by atoms with E-state index in [1.807, 2.05) is 0 Å². The van der Waals surface area contributed by atoms with Gasteiger partial charge >= 0.3 is 0 Å². The third kappa shape index (κ3) is 4.81. The van der Waals surface area contributed by atoms with Crippen LogP contribution in [-0.4, -0.2) is 9.13 Å². The molecule has 0 unspecified atom stereocenters. The van der Waals surface area contributed by atoms with Gasteiger partial charge in [-0.3, -0.25) is 0 Å². The maximum Gasteiger partial charge on any atom is 0.0713 e. The number of fused-ring (bicyclic) bond motifs is 17. The smallest absolute Gasteiger partial charge is 0.0713 e. The SMILES string of the molecule is CC1(C)c2ccccc2-c2ccc3c(c21)c1ccccc1n3-c1ccc(C2(c3ccc(-n4c5ccccc5c5c6c(ccc54)-c4ccccc4C6(C)C)cc3)c3ccccc3-c3ccccc32)cc1. The second-order valence-corrected chi connectivity index (χ2v) is 20.7. The lowest BCUT2D eigenvalue weighted by atomic mass is 9.67. The molecule has 15 rings (SSSR count). The van der Waals surface area contributed by atoms with Crippen LogP contribution >= 0.6 is 0 Å². The molecule has 2 heterocycles. The van der Waals surface area contributed by atoms with E-state index >= 15 is 0 Å². The third-order valence-corrected chi connectivity index (χ3v) is 16.8. The van der Waals surface area contributed by atoms with Gasteiger partial charge in [0.1, 0.15) is 0 Å². The van der Waals surface area contributed by atoms with Crippen LogP contribution in [0, 0.1) is 0 Å². The van der Waals surface area contributed by atoms with Gasteiger partial charge in [0.05, 0.1) is 27.5 Å². The first-order valence-corrected chi connectivity index (χ1v) is 24.5. The van der Waals surface area contributed by atoms with Crippen LogP contribution in [0.4, 0.5) is 0 Å². The molecule has 3 aliphatic rings. The van der Waals surface area contributed by atoms with Crippen molar-refractivity contribution >= 4 is 43.6 Å². The first-order chi connectivity index (χ1) is 33.8. The molecular formula is C67H48N2. The third-order valence-electron chi connectivity index (χ3n) is 16.8. The van der Waals surface area contributed by atoms with Crippen molar-refractivity contribution in [3.05, 3.63) is 263 Å². The number of hydrogen-bond donors (Lipinski definition) is 0. The van der Waals surface area contributed by atoms with Gasteiger partial charge in [-0.1, -0.05) is 198 Å². The number of rotatable bonds is 4. The highest BCUT2D eigenvalue weighted by atomic mass is 15.0. The molecule has 0 bridgehead atoms. The number of benzene rings is 10. The number of hydrogen-bond acceptors (Lipinski definition) is 0. The topological polar surface area (TPSA) is 9.86 Å². The first kappa shape index (κ1) is 38.9. The van der Waals surface area contributed by atoms with Crippen LogP contribution < -0.4 is 0 Å². The predicted octanol–water partition coefficient (Wildman–Crippen LogP) is 16.9. The average molecular weight is 881 g/mol. The van der Waals surface area contributed by atoms with E-state index in [-0.39, 0.29) is 10.8 Å². The Morgan fingerprint density at radius 3 is 1.01 bits per heavy atom. The minimum absolute atomic E-state index is 0.124. The van der Waals surface area contributed by atoms with Crippen LogP contribution in [0.3, 0.4) is 0 Å². The van der Waals surface area contributed by atoms with E-state index in [1.54, 1.807) is 0 Å². The Kier molecular flexibility index (Phi) is 7.60. The van der Waals surface area contributed by atoms with Crippen LogP contribution in [0.2, 0.25) is 0 Å². The summed E-state index contributed by atoms with van der Waals surface area (Å²) >= 11 is 0. The lowest BCUT2D eigenvalue weighted by Gasteiger charge is -2.34. The predicted molar refractivity (Wildman–Crippen MR) is 288 cm³/mol. The van der Waals surface area contributed by atoms with Crippen molar-refractivity contribution in [3.63, 3.8) is 0 Å². The lowest BCUT2D eigenvalue weighted by Crippen LogP contribution is -2.28. The molecule has 2 heteroatoms. The van der Waals surface area contributed by atoms with Gasteiger partial charge in [0.15, 0.2) is 0 Å². The van der Waals surface area contributed by atoms with Crippen molar-refractivity contribution in [2.75, 3.05) is 0 Å². The molecule has 0 fully saturated rings. The summed E-state index contributed by atoms with van der Waals surface area (Å²) in [5.74, 6) is 0. The zero-order valence-corrected chi connectivity index (χ0v) is 39.2. The summed E-state index contributed by atoms with van der Waals surface area (Å²) in [6.07, 6.45) is 0. The molecule has 10 aromatic carbocycles. The fourth-order valence-electron chi connectivity index (χ4n) is 14.0. The summed E-state index contributed by atoms with van der Waals surface area (Å²) in [6, 6.07) is 82.6. The van der Waals surface area contributed by atoms with Gasteiger partial charge in [-0.2, -0.15) is 0 Å². The minimum Gasteiger partial charge on any atom is -0.309 e. The highest BCUT2D eigenvalue weighted by molar-refractivity contribution is 6.15. The first-order valence-electron chi connectivity index (χ1n) is 24.5. The lowest BCUT2D eigenvalue weighted by molar-refractivity contribution is 0.666. The van der Waals surface area contributed by atoms with Crippen LogP contribution in [0.1, 0.15) is 72.2 Å². The summed E-state index contributed by atoms with van der Waals surface area (Å²) in [7, 11) is 0. The summed E-state index contributed by atoms with van der Waals surface area (Å²) in [5, 5.41) is 5.30. The maximum atomic E-state index is 2.49. The Morgan fingerprint density at radius 2 is 0.609 bits per heavy atom. The van der Waals surface area contributed by atoms with E-state index in [9.17, 15) is 0 Å². The number of aromatic nitrogens is 2. The van der Waals surface area contributed by atoms with Gasteiger partial charge < -0.3 is 9.13 Å². The Labute approximate surface area is 402 Å². The van der Waals surface area contributed by atoms with Gasteiger partial charge in [-0.25, -0.2) is 0 Å². The second kappa shape index (κ2) is 13.5. The van der Waals surface area contributed by atoms with E-state index < -0.39 is 5.41 Å². The highest BCUT2D eigenvalue weighted by Crippen LogP contribution is 2.58. The molecule has 2 aromatic heterocycles. The number of para-hydroxylation sites is 2. The molecular weight excluding hydrogens is 833 g/mol. The van der Waals surface area contributed by atoms with Crippen LogP contribution in [-0.2, 0) is 16.2 Å². The van der Waals surface area contributed by atoms with Crippen LogP contribution in [0.25, 0.3) is 88.4 Å². The van der Waals surface area contributed by atoms with Crippen molar-refractivity contribution < 1.29 is 0 Å². The summed E-state index contributed by atoms with van der Waals surface area (Å²) in [5.41, 5.74) is 25.2.